The number of nitriles is 1. The molecule has 1 spiro atoms. The predicted octanol–water partition coefficient (Wildman–Crippen LogP) is 3.34. The maximum absolute atomic E-state index is 12.7. The molecule has 1 amide bonds. The van der Waals surface area contributed by atoms with E-state index in [-0.39, 0.29) is 22.7 Å². The van der Waals surface area contributed by atoms with Crippen LogP contribution in [-0.2, 0) is 22.0 Å². The fourth-order valence-electron chi connectivity index (χ4n) is 5.51. The first-order chi connectivity index (χ1) is 14.3. The molecule has 1 aromatic heterocycles. The van der Waals surface area contributed by atoms with Crippen molar-refractivity contribution in [2.45, 2.75) is 76.5 Å². The molecule has 0 N–H and O–H groups in total. The summed E-state index contributed by atoms with van der Waals surface area (Å²) in [5, 5.41) is 9.22. The molecule has 2 aliphatic heterocycles. The number of rotatable bonds is 2. The van der Waals surface area contributed by atoms with Gasteiger partial charge in [-0.2, -0.15) is 5.26 Å². The van der Waals surface area contributed by atoms with E-state index in [1.807, 2.05) is 0 Å². The molecule has 0 bridgehead atoms. The maximum Gasteiger partial charge on any atom is 0.225 e. The number of carbonyl (C=O) groups is 1. The number of carbonyl (C=O) groups excluding carboxylic acids is 1. The van der Waals surface area contributed by atoms with E-state index in [2.05, 4.69) is 36.6 Å². The fourth-order valence-corrected chi connectivity index (χ4v) is 5.51. The Morgan fingerprint density at radius 1 is 1.13 bits per heavy atom. The van der Waals surface area contributed by atoms with E-state index < -0.39 is 0 Å². The van der Waals surface area contributed by atoms with Crippen LogP contribution >= 0.6 is 0 Å². The Labute approximate surface area is 179 Å². The average molecular weight is 408 g/mol. The van der Waals surface area contributed by atoms with Gasteiger partial charge in [0.1, 0.15) is 11.6 Å². The lowest BCUT2D eigenvalue weighted by molar-refractivity contribution is -0.139. The minimum atomic E-state index is -0.117. The summed E-state index contributed by atoms with van der Waals surface area (Å²) in [6.45, 7) is 9.80. The van der Waals surface area contributed by atoms with Gasteiger partial charge in [-0.15, -0.1) is 0 Å². The third-order valence-corrected chi connectivity index (χ3v) is 7.86. The molecule has 6 nitrogen and oxygen atoms in total. The third kappa shape index (κ3) is 3.09. The average Bonchev–Trinajstić information content (AvgIpc) is 2.98. The molecular formula is C24H33N5O. The molecule has 0 aromatic carbocycles. The molecule has 1 aromatic rings. The number of anilines is 1. The zero-order chi connectivity index (χ0) is 21.1. The van der Waals surface area contributed by atoms with Crippen molar-refractivity contribution in [2.75, 3.05) is 31.1 Å². The Morgan fingerprint density at radius 2 is 1.83 bits per heavy atom. The number of hydrogen-bond donors (Lipinski definition) is 0. The van der Waals surface area contributed by atoms with E-state index in [0.717, 1.165) is 76.3 Å². The Bertz CT molecular complexity index is 893. The number of piperidine rings is 1. The van der Waals surface area contributed by atoms with E-state index >= 15 is 0 Å². The van der Waals surface area contributed by atoms with Gasteiger partial charge >= 0.3 is 0 Å². The van der Waals surface area contributed by atoms with Gasteiger partial charge in [0.15, 0.2) is 0 Å². The van der Waals surface area contributed by atoms with Gasteiger partial charge in [-0.05, 0) is 38.5 Å². The first-order valence-electron chi connectivity index (χ1n) is 11.7. The van der Waals surface area contributed by atoms with Crippen LogP contribution in [0.15, 0.2) is 0 Å². The summed E-state index contributed by atoms with van der Waals surface area (Å²) in [5.41, 5.74) is 2.52. The van der Waals surface area contributed by atoms with Crippen LogP contribution in [0.3, 0.4) is 0 Å². The second-order valence-corrected chi connectivity index (χ2v) is 10.9. The van der Waals surface area contributed by atoms with Crippen LogP contribution in [0.4, 0.5) is 5.82 Å². The summed E-state index contributed by atoms with van der Waals surface area (Å²) in [7, 11) is 0. The summed E-state index contributed by atoms with van der Waals surface area (Å²) in [5.74, 6) is 2.77. The van der Waals surface area contributed by atoms with Crippen LogP contribution in [-0.4, -0.2) is 47.0 Å². The lowest BCUT2D eigenvalue weighted by Crippen LogP contribution is -2.48. The highest BCUT2D eigenvalue weighted by Gasteiger charge is 2.47. The summed E-state index contributed by atoms with van der Waals surface area (Å²) < 4.78 is 0. The molecule has 0 unspecified atom stereocenters. The molecule has 3 fully saturated rings. The molecule has 5 rings (SSSR count). The molecule has 6 heteroatoms. The lowest BCUT2D eigenvalue weighted by Gasteiger charge is -2.42. The van der Waals surface area contributed by atoms with Crippen LogP contribution < -0.4 is 4.90 Å². The lowest BCUT2D eigenvalue weighted by atomic mass is 9.75. The zero-order valence-corrected chi connectivity index (χ0v) is 18.6. The van der Waals surface area contributed by atoms with Crippen molar-refractivity contribution in [2.24, 2.45) is 11.8 Å². The fraction of sp³-hybridized carbons (Fsp3) is 0.750. The van der Waals surface area contributed by atoms with Crippen LogP contribution in [0.5, 0.6) is 0 Å². The molecule has 3 heterocycles. The van der Waals surface area contributed by atoms with Crippen molar-refractivity contribution < 1.29 is 4.79 Å². The van der Waals surface area contributed by atoms with Crippen LogP contribution in [0.2, 0.25) is 0 Å². The highest BCUT2D eigenvalue weighted by atomic mass is 16.2. The summed E-state index contributed by atoms with van der Waals surface area (Å²) >= 11 is 0. The Balaban J connectivity index is 1.44. The minimum absolute atomic E-state index is 0.0862. The van der Waals surface area contributed by atoms with Crippen LogP contribution in [0.1, 0.15) is 76.4 Å². The van der Waals surface area contributed by atoms with E-state index in [0.29, 0.717) is 5.91 Å². The number of likely N-dealkylation sites (tertiary alicyclic amines) is 1. The molecule has 0 radical (unpaired) electrons. The number of amides is 1. The molecular weight excluding hydrogens is 374 g/mol. The highest BCUT2D eigenvalue weighted by Crippen LogP contribution is 2.49. The second-order valence-electron chi connectivity index (χ2n) is 10.9. The minimum Gasteiger partial charge on any atom is -0.353 e. The van der Waals surface area contributed by atoms with E-state index in [1.165, 1.54) is 17.7 Å². The van der Waals surface area contributed by atoms with Crippen molar-refractivity contribution >= 4 is 11.7 Å². The van der Waals surface area contributed by atoms with Crippen LogP contribution in [0.25, 0.3) is 0 Å². The van der Waals surface area contributed by atoms with Gasteiger partial charge in [0.2, 0.25) is 5.91 Å². The molecule has 30 heavy (non-hydrogen) atoms. The second kappa shape index (κ2) is 6.93. The maximum atomic E-state index is 12.7. The largest absolute Gasteiger partial charge is 0.353 e. The third-order valence-electron chi connectivity index (χ3n) is 7.86. The highest BCUT2D eigenvalue weighted by molar-refractivity contribution is 5.79. The SMILES string of the molecule is CC(C)(C)c1nc(N2CC(C#N)C2)c2c(n1)C1(CC2)CCN(C(=O)C2CCC2)CC1. The van der Waals surface area contributed by atoms with Gasteiger partial charge in [0.05, 0.1) is 17.7 Å². The Kier molecular flexibility index (Phi) is 4.57. The van der Waals surface area contributed by atoms with E-state index in [4.69, 9.17) is 9.97 Å². The zero-order valence-electron chi connectivity index (χ0n) is 18.6. The van der Waals surface area contributed by atoms with E-state index in [1.54, 1.807) is 0 Å². The smallest absolute Gasteiger partial charge is 0.225 e. The molecule has 2 aliphatic carbocycles. The first-order valence-corrected chi connectivity index (χ1v) is 11.7. The van der Waals surface area contributed by atoms with Gasteiger partial charge in [0, 0.05) is 48.5 Å². The van der Waals surface area contributed by atoms with E-state index in [9.17, 15) is 10.1 Å². The number of aromatic nitrogens is 2. The topological polar surface area (TPSA) is 73.1 Å². The molecule has 2 saturated heterocycles. The molecule has 160 valence electrons. The molecule has 1 saturated carbocycles. The van der Waals surface area contributed by atoms with Crippen molar-refractivity contribution in [3.63, 3.8) is 0 Å². The van der Waals surface area contributed by atoms with Crippen molar-refractivity contribution in [3.05, 3.63) is 17.1 Å². The number of fused-ring (bicyclic) bond motifs is 2. The number of nitrogens with zero attached hydrogens (tertiary/aromatic N) is 5. The van der Waals surface area contributed by atoms with Crippen molar-refractivity contribution in [1.29, 1.82) is 5.26 Å². The quantitative estimate of drug-likeness (QED) is 0.752. The molecule has 0 atom stereocenters. The van der Waals surface area contributed by atoms with Crippen molar-refractivity contribution in [1.82, 2.24) is 14.9 Å². The monoisotopic (exact) mass is 407 g/mol. The van der Waals surface area contributed by atoms with Gasteiger partial charge in [-0.1, -0.05) is 27.2 Å². The Morgan fingerprint density at radius 3 is 2.40 bits per heavy atom. The van der Waals surface area contributed by atoms with Gasteiger partial charge in [0.25, 0.3) is 0 Å². The Hall–Kier alpha value is -2.16. The van der Waals surface area contributed by atoms with Gasteiger partial charge < -0.3 is 9.80 Å². The van der Waals surface area contributed by atoms with Crippen molar-refractivity contribution in [3.8, 4) is 6.07 Å². The number of hydrogen-bond acceptors (Lipinski definition) is 5. The standard InChI is InChI=1S/C24H33N5O/c1-23(2,3)22-26-19-18(20(27-22)29-14-16(13-25)15-29)7-8-24(19)9-11-28(12-10-24)21(30)17-5-4-6-17/h16-17H,4-12,14-15H2,1-3H3. The molecule has 4 aliphatic rings. The van der Waals surface area contributed by atoms with Gasteiger partial charge in [-0.3, -0.25) is 4.79 Å². The summed E-state index contributed by atoms with van der Waals surface area (Å²) in [6, 6.07) is 2.38. The first kappa shape index (κ1) is 19.8. The van der Waals surface area contributed by atoms with Gasteiger partial charge in [-0.25, -0.2) is 9.97 Å². The van der Waals surface area contributed by atoms with Crippen LogP contribution in [0, 0.1) is 23.2 Å². The summed E-state index contributed by atoms with van der Waals surface area (Å²) in [4.78, 5) is 27.3. The normalized spacial score (nSPS) is 23.7. The predicted molar refractivity (Wildman–Crippen MR) is 115 cm³/mol. The summed E-state index contributed by atoms with van der Waals surface area (Å²) in [6.07, 6.45) is 7.51.